The van der Waals surface area contributed by atoms with Gasteiger partial charge in [0.05, 0.1) is 24.5 Å². The predicted molar refractivity (Wildman–Crippen MR) is 82.9 cm³/mol. The molecule has 3 N–H and O–H groups in total. The number of sulfonamides is 1. The lowest BCUT2D eigenvalue weighted by Crippen LogP contribution is -2.55. The van der Waals surface area contributed by atoms with Gasteiger partial charge in [-0.1, -0.05) is 0 Å². The van der Waals surface area contributed by atoms with Crippen LogP contribution in [0.4, 0.5) is 0 Å². The molecule has 0 saturated carbocycles. The Morgan fingerprint density at radius 1 is 1.38 bits per heavy atom. The van der Waals surface area contributed by atoms with Crippen LogP contribution in [0, 0.1) is 0 Å². The minimum absolute atomic E-state index is 0.274. The van der Waals surface area contributed by atoms with Gasteiger partial charge in [0.25, 0.3) is 0 Å². The summed E-state index contributed by atoms with van der Waals surface area (Å²) in [5.74, 6) is 0.680. The Labute approximate surface area is 127 Å². The molecule has 2 saturated heterocycles. The van der Waals surface area contributed by atoms with Crippen molar-refractivity contribution in [2.75, 3.05) is 19.8 Å². The predicted octanol–water partition coefficient (Wildman–Crippen LogP) is -0.201. The Balaban J connectivity index is 1.83. The van der Waals surface area contributed by atoms with E-state index in [0.717, 1.165) is 25.5 Å². The molecule has 7 nitrogen and oxygen atoms in total. The van der Waals surface area contributed by atoms with Crippen LogP contribution in [0.15, 0.2) is 4.99 Å². The minimum atomic E-state index is -3.24. The molecule has 0 amide bonds. The summed E-state index contributed by atoms with van der Waals surface area (Å²) in [6.07, 6.45) is 5.08. The normalized spacial score (nSPS) is 29.7. The van der Waals surface area contributed by atoms with Crippen molar-refractivity contribution in [3.8, 4) is 0 Å². The van der Waals surface area contributed by atoms with E-state index >= 15 is 0 Å². The second kappa shape index (κ2) is 6.10. The summed E-state index contributed by atoms with van der Waals surface area (Å²) in [5.41, 5.74) is -0.587. The van der Waals surface area contributed by atoms with Crippen molar-refractivity contribution in [2.45, 2.75) is 56.9 Å². The molecule has 21 heavy (non-hydrogen) atoms. The zero-order valence-corrected chi connectivity index (χ0v) is 14.0. The Kier molecular flexibility index (Phi) is 4.79. The zero-order chi connectivity index (χ0) is 15.7. The third kappa shape index (κ3) is 4.82. The van der Waals surface area contributed by atoms with Crippen LogP contribution in [0.1, 0.15) is 33.1 Å². The molecular weight excluding hydrogens is 292 g/mol. The highest BCUT2D eigenvalue weighted by molar-refractivity contribution is 7.88. The molecule has 0 aliphatic carbocycles. The molecule has 2 heterocycles. The van der Waals surface area contributed by atoms with Gasteiger partial charge in [-0.3, -0.25) is 4.99 Å². The molecule has 2 aliphatic heterocycles. The van der Waals surface area contributed by atoms with Gasteiger partial charge in [0.2, 0.25) is 10.0 Å². The summed E-state index contributed by atoms with van der Waals surface area (Å²) in [7, 11) is -1.53. The first-order valence-corrected chi connectivity index (χ1v) is 9.19. The summed E-state index contributed by atoms with van der Waals surface area (Å²) in [6, 6.07) is 0.293. The summed E-state index contributed by atoms with van der Waals surface area (Å²) in [6.45, 7) is 4.10. The second-order valence-corrected chi connectivity index (χ2v) is 8.29. The first-order valence-electron chi connectivity index (χ1n) is 7.30. The van der Waals surface area contributed by atoms with Crippen molar-refractivity contribution in [3.05, 3.63) is 0 Å². The molecular formula is C13H26N4O3S. The SMILES string of the molecule is CN=C(NCC(C)(C)NS(C)(=O)=O)NC1CC2CCC1O2. The van der Waals surface area contributed by atoms with Gasteiger partial charge in [-0.05, 0) is 33.1 Å². The standard InChI is InChI=1S/C13H26N4O3S/c1-13(2,17-21(4,18)19)8-15-12(14-3)16-10-7-9-5-6-11(10)20-9/h9-11,17H,5-8H2,1-4H3,(H2,14,15,16). The van der Waals surface area contributed by atoms with Gasteiger partial charge in [-0.25, -0.2) is 13.1 Å². The van der Waals surface area contributed by atoms with Crippen molar-refractivity contribution in [2.24, 2.45) is 4.99 Å². The van der Waals surface area contributed by atoms with E-state index in [4.69, 9.17) is 4.74 Å². The number of hydrogen-bond donors (Lipinski definition) is 3. The second-order valence-electron chi connectivity index (χ2n) is 6.54. The average Bonchev–Trinajstić information content (AvgIpc) is 2.93. The van der Waals surface area contributed by atoms with Gasteiger partial charge >= 0.3 is 0 Å². The van der Waals surface area contributed by atoms with Crippen molar-refractivity contribution in [3.63, 3.8) is 0 Å². The monoisotopic (exact) mass is 318 g/mol. The molecule has 8 heteroatoms. The highest BCUT2D eigenvalue weighted by Crippen LogP contribution is 2.34. The molecule has 0 spiro atoms. The quantitative estimate of drug-likeness (QED) is 0.482. The van der Waals surface area contributed by atoms with E-state index < -0.39 is 15.6 Å². The van der Waals surface area contributed by atoms with Crippen LogP contribution < -0.4 is 15.4 Å². The van der Waals surface area contributed by atoms with Crippen LogP contribution in [-0.2, 0) is 14.8 Å². The minimum Gasteiger partial charge on any atom is -0.373 e. The van der Waals surface area contributed by atoms with Gasteiger partial charge in [0, 0.05) is 19.1 Å². The largest absolute Gasteiger partial charge is 0.373 e. The van der Waals surface area contributed by atoms with Gasteiger partial charge < -0.3 is 15.4 Å². The number of aliphatic imine (C=N–C) groups is 1. The van der Waals surface area contributed by atoms with E-state index in [1.165, 1.54) is 0 Å². The first kappa shape index (κ1) is 16.5. The summed E-state index contributed by atoms with van der Waals surface area (Å²) < 4.78 is 31.1. The average molecular weight is 318 g/mol. The Hall–Kier alpha value is -0.860. The Morgan fingerprint density at radius 2 is 2.10 bits per heavy atom. The summed E-state index contributed by atoms with van der Waals surface area (Å²) in [4.78, 5) is 4.20. The van der Waals surface area contributed by atoms with E-state index in [9.17, 15) is 8.42 Å². The van der Waals surface area contributed by atoms with Crippen molar-refractivity contribution in [1.29, 1.82) is 0 Å². The summed E-state index contributed by atoms with van der Waals surface area (Å²) >= 11 is 0. The van der Waals surface area contributed by atoms with Gasteiger partial charge in [-0.2, -0.15) is 0 Å². The maximum atomic E-state index is 11.3. The fraction of sp³-hybridized carbons (Fsp3) is 0.923. The van der Waals surface area contributed by atoms with Crippen LogP contribution >= 0.6 is 0 Å². The van der Waals surface area contributed by atoms with Crippen LogP contribution in [0.25, 0.3) is 0 Å². The maximum absolute atomic E-state index is 11.3. The number of rotatable bonds is 5. The number of hydrogen-bond acceptors (Lipinski definition) is 4. The molecule has 0 radical (unpaired) electrons. The molecule has 0 aromatic carbocycles. The van der Waals surface area contributed by atoms with Crippen LogP contribution in [-0.4, -0.2) is 58.0 Å². The smallest absolute Gasteiger partial charge is 0.209 e. The molecule has 2 aliphatic rings. The third-order valence-electron chi connectivity index (χ3n) is 3.81. The van der Waals surface area contributed by atoms with E-state index in [-0.39, 0.29) is 6.10 Å². The molecule has 0 aromatic heterocycles. The molecule has 2 fully saturated rings. The molecule has 3 unspecified atom stereocenters. The fourth-order valence-electron chi connectivity index (χ4n) is 3.00. The van der Waals surface area contributed by atoms with E-state index in [1.54, 1.807) is 7.05 Å². The maximum Gasteiger partial charge on any atom is 0.209 e. The fourth-order valence-corrected chi connectivity index (χ4v) is 4.08. The van der Waals surface area contributed by atoms with Crippen molar-refractivity contribution in [1.82, 2.24) is 15.4 Å². The molecule has 0 aromatic rings. The number of fused-ring (bicyclic) bond motifs is 2. The lowest BCUT2D eigenvalue weighted by atomic mass is 9.96. The lowest BCUT2D eigenvalue weighted by Gasteiger charge is -2.28. The van der Waals surface area contributed by atoms with E-state index in [2.05, 4.69) is 20.3 Å². The number of guanidine groups is 1. The van der Waals surface area contributed by atoms with Gasteiger partial charge in [-0.15, -0.1) is 0 Å². The van der Waals surface area contributed by atoms with Crippen LogP contribution in [0.5, 0.6) is 0 Å². The molecule has 2 rings (SSSR count). The number of nitrogens with one attached hydrogen (secondary N) is 3. The highest BCUT2D eigenvalue weighted by Gasteiger charge is 2.41. The topological polar surface area (TPSA) is 91.8 Å². The number of ether oxygens (including phenoxy) is 1. The molecule has 122 valence electrons. The van der Waals surface area contributed by atoms with Crippen molar-refractivity contribution >= 4 is 16.0 Å². The van der Waals surface area contributed by atoms with Crippen LogP contribution in [0.2, 0.25) is 0 Å². The third-order valence-corrected chi connectivity index (χ3v) is 4.73. The first-order chi connectivity index (χ1) is 9.68. The molecule has 2 bridgehead atoms. The van der Waals surface area contributed by atoms with Gasteiger partial charge in [0.15, 0.2) is 5.96 Å². The summed E-state index contributed by atoms with van der Waals surface area (Å²) in [5, 5.41) is 6.54. The Morgan fingerprint density at radius 3 is 2.57 bits per heavy atom. The zero-order valence-electron chi connectivity index (χ0n) is 13.1. The van der Waals surface area contributed by atoms with Crippen LogP contribution in [0.3, 0.4) is 0 Å². The van der Waals surface area contributed by atoms with E-state index in [1.807, 2.05) is 13.8 Å². The number of nitrogens with zero attached hydrogens (tertiary/aromatic N) is 1. The van der Waals surface area contributed by atoms with Gasteiger partial charge in [0.1, 0.15) is 0 Å². The Bertz CT molecular complexity index is 504. The van der Waals surface area contributed by atoms with E-state index in [0.29, 0.717) is 24.7 Å². The highest BCUT2D eigenvalue weighted by atomic mass is 32.2. The molecule has 3 atom stereocenters. The lowest BCUT2D eigenvalue weighted by molar-refractivity contribution is 0.0992. The van der Waals surface area contributed by atoms with Crippen molar-refractivity contribution < 1.29 is 13.2 Å².